The van der Waals surface area contributed by atoms with Crippen molar-refractivity contribution >= 4 is 17.4 Å². The van der Waals surface area contributed by atoms with Crippen molar-refractivity contribution in [3.63, 3.8) is 0 Å². The zero-order chi connectivity index (χ0) is 19.6. The van der Waals surface area contributed by atoms with Crippen LogP contribution in [0.2, 0.25) is 0 Å². The topological polar surface area (TPSA) is 30.3 Å². The highest BCUT2D eigenvalue weighted by Crippen LogP contribution is 2.30. The zero-order valence-corrected chi connectivity index (χ0v) is 15.7. The number of aromatic nitrogens is 2. The van der Waals surface area contributed by atoms with Gasteiger partial charge in [0, 0.05) is 42.0 Å². The number of ether oxygens (including phenoxy) is 1. The summed E-state index contributed by atoms with van der Waals surface area (Å²) in [6.07, 6.45) is -1.42. The van der Waals surface area contributed by atoms with E-state index >= 15 is 0 Å². The van der Waals surface area contributed by atoms with Crippen molar-refractivity contribution < 1.29 is 17.9 Å². The van der Waals surface area contributed by atoms with Crippen molar-refractivity contribution in [3.8, 4) is 22.6 Å². The van der Waals surface area contributed by atoms with Gasteiger partial charge >= 0.3 is 6.36 Å². The Morgan fingerprint density at radius 2 is 1.64 bits per heavy atom. The number of benzene rings is 2. The maximum Gasteiger partial charge on any atom is 0.573 e. The molecule has 1 aromatic heterocycles. The van der Waals surface area contributed by atoms with Gasteiger partial charge < -0.3 is 9.64 Å². The maximum atomic E-state index is 12.6. The minimum atomic E-state index is -4.76. The van der Waals surface area contributed by atoms with Crippen LogP contribution in [0, 0.1) is 0 Å². The molecule has 2 heterocycles. The second-order valence-electron chi connectivity index (χ2n) is 6.34. The predicted molar refractivity (Wildman–Crippen MR) is 105 cm³/mol. The number of nitrogens with zero attached hydrogens (tertiary/aromatic N) is 3. The van der Waals surface area contributed by atoms with Crippen LogP contribution in [0.25, 0.3) is 16.8 Å². The zero-order valence-electron chi connectivity index (χ0n) is 14.9. The van der Waals surface area contributed by atoms with E-state index in [9.17, 15) is 13.2 Å². The Kier molecular flexibility index (Phi) is 5.21. The van der Waals surface area contributed by atoms with Gasteiger partial charge in [-0.3, -0.25) is 0 Å². The molecule has 0 bridgehead atoms. The van der Waals surface area contributed by atoms with Crippen LogP contribution >= 0.6 is 11.8 Å². The molecule has 3 aromatic rings. The Hall–Kier alpha value is -2.61. The molecule has 2 aromatic carbocycles. The van der Waals surface area contributed by atoms with Crippen LogP contribution in [0.3, 0.4) is 0 Å². The van der Waals surface area contributed by atoms with Gasteiger partial charge in [0.05, 0.1) is 6.20 Å². The first-order chi connectivity index (χ1) is 13.5. The molecular formula is C20H18F3N3OS. The minimum absolute atomic E-state index is 0.230. The molecule has 0 aliphatic carbocycles. The van der Waals surface area contributed by atoms with E-state index in [2.05, 4.69) is 26.9 Å². The summed E-state index contributed by atoms with van der Waals surface area (Å²) < 4.78 is 43.4. The molecule has 0 spiro atoms. The van der Waals surface area contributed by atoms with E-state index in [1.54, 1.807) is 18.5 Å². The molecule has 0 amide bonds. The van der Waals surface area contributed by atoms with Gasteiger partial charge in [0.1, 0.15) is 5.69 Å². The minimum Gasteiger partial charge on any atom is -0.403 e. The second-order valence-corrected chi connectivity index (χ2v) is 7.56. The van der Waals surface area contributed by atoms with Crippen LogP contribution < -0.4 is 9.64 Å². The molecule has 0 radical (unpaired) electrons. The molecule has 146 valence electrons. The lowest BCUT2D eigenvalue weighted by molar-refractivity contribution is -0.274. The quantitative estimate of drug-likeness (QED) is 0.612. The van der Waals surface area contributed by atoms with Crippen LogP contribution in [0.4, 0.5) is 18.9 Å². The summed E-state index contributed by atoms with van der Waals surface area (Å²) in [5.41, 5.74) is 3.19. The number of para-hydroxylation sites is 2. The van der Waals surface area contributed by atoms with Gasteiger partial charge in [-0.1, -0.05) is 24.3 Å². The van der Waals surface area contributed by atoms with Crippen molar-refractivity contribution in [2.75, 3.05) is 29.5 Å². The molecule has 4 rings (SSSR count). The van der Waals surface area contributed by atoms with Crippen LogP contribution in [0.1, 0.15) is 0 Å². The molecule has 0 N–H and O–H groups in total. The summed E-state index contributed by atoms with van der Waals surface area (Å²) in [6, 6.07) is 14.1. The van der Waals surface area contributed by atoms with Crippen LogP contribution in [-0.2, 0) is 0 Å². The number of rotatable bonds is 4. The van der Waals surface area contributed by atoms with E-state index in [4.69, 9.17) is 0 Å². The van der Waals surface area contributed by atoms with Crippen molar-refractivity contribution in [2.45, 2.75) is 6.36 Å². The summed E-state index contributed by atoms with van der Waals surface area (Å²) in [7, 11) is 0. The SMILES string of the molecule is FC(F)(F)Oc1ccccc1-n1cc(-c2ccc(N3CCSCC3)cc2)cn1. The normalized spacial score (nSPS) is 14.9. The highest BCUT2D eigenvalue weighted by atomic mass is 32.2. The molecule has 8 heteroatoms. The van der Waals surface area contributed by atoms with E-state index in [0.29, 0.717) is 0 Å². The molecule has 1 aliphatic rings. The second kappa shape index (κ2) is 7.79. The molecule has 28 heavy (non-hydrogen) atoms. The monoisotopic (exact) mass is 405 g/mol. The van der Waals surface area contributed by atoms with E-state index in [0.717, 1.165) is 35.7 Å². The van der Waals surface area contributed by atoms with Crippen molar-refractivity contribution in [3.05, 3.63) is 60.9 Å². The molecule has 0 atom stereocenters. The average molecular weight is 405 g/mol. The van der Waals surface area contributed by atoms with Gasteiger partial charge in [-0.2, -0.15) is 16.9 Å². The first-order valence-electron chi connectivity index (χ1n) is 8.82. The lowest BCUT2D eigenvalue weighted by atomic mass is 10.1. The molecule has 1 saturated heterocycles. The molecule has 0 saturated carbocycles. The molecular weight excluding hydrogens is 387 g/mol. The van der Waals surface area contributed by atoms with Gasteiger partial charge in [-0.05, 0) is 29.8 Å². The number of hydrogen-bond acceptors (Lipinski definition) is 4. The van der Waals surface area contributed by atoms with Gasteiger partial charge in [0.2, 0.25) is 0 Å². The van der Waals surface area contributed by atoms with E-state index < -0.39 is 6.36 Å². The Morgan fingerprint density at radius 3 is 2.36 bits per heavy atom. The Labute approximate surface area is 164 Å². The van der Waals surface area contributed by atoms with Gasteiger partial charge in [-0.15, -0.1) is 13.2 Å². The van der Waals surface area contributed by atoms with Gasteiger partial charge in [-0.25, -0.2) is 4.68 Å². The highest BCUT2D eigenvalue weighted by molar-refractivity contribution is 7.99. The average Bonchev–Trinajstić information content (AvgIpc) is 3.18. The van der Waals surface area contributed by atoms with Gasteiger partial charge in [0.15, 0.2) is 5.75 Å². The van der Waals surface area contributed by atoms with E-state index in [1.807, 2.05) is 23.9 Å². The highest BCUT2D eigenvalue weighted by Gasteiger charge is 2.32. The van der Waals surface area contributed by atoms with Crippen molar-refractivity contribution in [1.82, 2.24) is 9.78 Å². The van der Waals surface area contributed by atoms with Crippen molar-refractivity contribution in [2.24, 2.45) is 0 Å². The fraction of sp³-hybridized carbons (Fsp3) is 0.250. The first-order valence-corrected chi connectivity index (χ1v) is 9.98. The Morgan fingerprint density at radius 1 is 0.929 bits per heavy atom. The fourth-order valence-electron chi connectivity index (χ4n) is 3.15. The standard InChI is InChI=1S/C20H18F3N3OS/c21-20(22,23)27-19-4-2-1-3-18(19)26-14-16(13-24-26)15-5-7-17(8-6-15)25-9-11-28-12-10-25/h1-8,13-14H,9-12H2. The summed E-state index contributed by atoms with van der Waals surface area (Å²) in [5, 5.41) is 4.22. The van der Waals surface area contributed by atoms with Gasteiger partial charge in [0.25, 0.3) is 0 Å². The predicted octanol–water partition coefficient (Wildman–Crippen LogP) is 4.99. The summed E-state index contributed by atoms with van der Waals surface area (Å²) in [6.45, 7) is 2.08. The number of hydrogen-bond donors (Lipinski definition) is 0. The third-order valence-electron chi connectivity index (χ3n) is 4.50. The molecule has 1 aliphatic heterocycles. The van der Waals surface area contributed by atoms with Crippen LogP contribution in [-0.4, -0.2) is 40.7 Å². The number of thioether (sulfide) groups is 1. The third kappa shape index (κ3) is 4.27. The first kappa shape index (κ1) is 18.7. The number of halogens is 3. The summed E-state index contributed by atoms with van der Waals surface area (Å²) in [4.78, 5) is 2.36. The lowest BCUT2D eigenvalue weighted by Gasteiger charge is -2.28. The van der Waals surface area contributed by atoms with Crippen LogP contribution in [0.15, 0.2) is 60.9 Å². The molecule has 0 unspecified atom stereocenters. The van der Waals surface area contributed by atoms with Crippen molar-refractivity contribution in [1.29, 1.82) is 0 Å². The Balaban J connectivity index is 1.57. The summed E-state index contributed by atoms with van der Waals surface area (Å²) in [5.74, 6) is 1.98. The maximum absolute atomic E-state index is 12.6. The fourth-order valence-corrected chi connectivity index (χ4v) is 4.05. The smallest absolute Gasteiger partial charge is 0.403 e. The number of anilines is 1. The summed E-state index contributed by atoms with van der Waals surface area (Å²) >= 11 is 1.97. The molecule has 1 fully saturated rings. The molecule has 4 nitrogen and oxygen atoms in total. The third-order valence-corrected chi connectivity index (χ3v) is 5.44. The van der Waals surface area contributed by atoms with E-state index in [-0.39, 0.29) is 11.4 Å². The Bertz CT molecular complexity index is 934. The largest absolute Gasteiger partial charge is 0.573 e. The number of alkyl halides is 3. The van der Waals surface area contributed by atoms with Crippen LogP contribution in [0.5, 0.6) is 5.75 Å². The van der Waals surface area contributed by atoms with E-state index in [1.165, 1.54) is 28.6 Å². The lowest BCUT2D eigenvalue weighted by Crippen LogP contribution is -2.32.